The third-order valence-corrected chi connectivity index (χ3v) is 4.37. The summed E-state index contributed by atoms with van der Waals surface area (Å²) in [5.41, 5.74) is 4.08. The molecule has 0 saturated carbocycles. The fourth-order valence-electron chi connectivity index (χ4n) is 2.15. The average molecular weight is 326 g/mol. The van der Waals surface area contributed by atoms with Crippen molar-refractivity contribution in [2.24, 2.45) is 0 Å². The summed E-state index contributed by atoms with van der Waals surface area (Å²) in [5.74, 6) is 0.447. The van der Waals surface area contributed by atoms with Crippen molar-refractivity contribution < 1.29 is 9.84 Å². The normalized spacial score (nSPS) is 11.4. The molecule has 0 fully saturated rings. The van der Waals surface area contributed by atoms with Gasteiger partial charge in [-0.3, -0.25) is 0 Å². The predicted molar refractivity (Wildman–Crippen MR) is 96.2 cm³/mol. The maximum atomic E-state index is 10.5. The standard InChI is InChI=1S/C20H22O2S/c1-3-10-18(23-17-13-8-5-9-14-17)15-19(22-2)20(21)16-11-6-4-7-12-16/h4-9,11-14,20-21H,3,10H2,1-2H3. The lowest BCUT2D eigenvalue weighted by atomic mass is 10.1. The van der Waals surface area contributed by atoms with E-state index in [1.807, 2.05) is 48.5 Å². The van der Waals surface area contributed by atoms with Crippen LogP contribution in [0.5, 0.6) is 0 Å². The van der Waals surface area contributed by atoms with E-state index in [-0.39, 0.29) is 0 Å². The molecule has 3 heteroatoms. The Morgan fingerprint density at radius 1 is 1.09 bits per heavy atom. The Hall–Kier alpha value is -1.93. The van der Waals surface area contributed by atoms with Gasteiger partial charge in [0.05, 0.1) is 7.11 Å². The Balaban J connectivity index is 2.33. The van der Waals surface area contributed by atoms with Gasteiger partial charge in [-0.15, -0.1) is 0 Å². The highest BCUT2D eigenvalue weighted by Crippen LogP contribution is 2.30. The molecule has 0 aliphatic rings. The molecule has 0 saturated heterocycles. The Kier molecular flexibility index (Phi) is 7.02. The second-order valence-electron chi connectivity index (χ2n) is 5.09. The van der Waals surface area contributed by atoms with E-state index in [1.54, 1.807) is 18.9 Å². The van der Waals surface area contributed by atoms with E-state index in [1.165, 1.54) is 0 Å². The molecule has 0 spiro atoms. The van der Waals surface area contributed by atoms with E-state index >= 15 is 0 Å². The van der Waals surface area contributed by atoms with Crippen LogP contribution in [-0.2, 0) is 4.74 Å². The fraction of sp³-hybridized carbons (Fsp3) is 0.250. The van der Waals surface area contributed by atoms with Crippen LogP contribution in [0.2, 0.25) is 0 Å². The SMILES string of the molecule is CCCC(=C=C(OC)C(O)c1ccccc1)Sc1ccccc1. The molecule has 2 aromatic carbocycles. The predicted octanol–water partition coefficient (Wildman–Crippen LogP) is 5.33. The second-order valence-corrected chi connectivity index (χ2v) is 6.26. The summed E-state index contributed by atoms with van der Waals surface area (Å²) in [7, 11) is 1.57. The molecule has 0 aromatic heterocycles. The van der Waals surface area contributed by atoms with Crippen molar-refractivity contribution in [2.45, 2.75) is 30.8 Å². The van der Waals surface area contributed by atoms with Crippen molar-refractivity contribution in [3.05, 3.63) is 82.6 Å². The van der Waals surface area contributed by atoms with Crippen LogP contribution in [0.4, 0.5) is 0 Å². The first-order valence-corrected chi connectivity index (χ1v) is 8.55. The quantitative estimate of drug-likeness (QED) is 0.424. The summed E-state index contributed by atoms with van der Waals surface area (Å²) >= 11 is 1.66. The molecule has 120 valence electrons. The van der Waals surface area contributed by atoms with E-state index in [0.29, 0.717) is 5.76 Å². The molecular weight excluding hydrogens is 304 g/mol. The van der Waals surface area contributed by atoms with Crippen LogP contribution in [-0.4, -0.2) is 12.2 Å². The van der Waals surface area contributed by atoms with Crippen molar-refractivity contribution in [3.8, 4) is 0 Å². The van der Waals surface area contributed by atoms with Gasteiger partial charge < -0.3 is 9.84 Å². The third-order valence-electron chi connectivity index (χ3n) is 3.31. The van der Waals surface area contributed by atoms with Crippen LogP contribution in [0.25, 0.3) is 0 Å². The topological polar surface area (TPSA) is 29.5 Å². The van der Waals surface area contributed by atoms with Gasteiger partial charge in [-0.05, 0) is 24.1 Å². The first-order chi connectivity index (χ1) is 11.2. The van der Waals surface area contributed by atoms with E-state index in [0.717, 1.165) is 28.2 Å². The maximum absolute atomic E-state index is 10.5. The minimum Gasteiger partial charge on any atom is -0.490 e. The molecule has 2 nitrogen and oxygen atoms in total. The van der Waals surface area contributed by atoms with Gasteiger partial charge in [0.25, 0.3) is 0 Å². The Morgan fingerprint density at radius 2 is 1.70 bits per heavy atom. The Morgan fingerprint density at radius 3 is 2.26 bits per heavy atom. The number of hydrogen-bond donors (Lipinski definition) is 1. The summed E-state index contributed by atoms with van der Waals surface area (Å²) in [4.78, 5) is 2.22. The van der Waals surface area contributed by atoms with Crippen molar-refractivity contribution in [1.29, 1.82) is 0 Å². The van der Waals surface area contributed by atoms with Gasteiger partial charge >= 0.3 is 0 Å². The molecule has 2 aromatic rings. The van der Waals surface area contributed by atoms with Gasteiger partial charge in [-0.1, -0.05) is 79.4 Å². The number of benzene rings is 2. The van der Waals surface area contributed by atoms with E-state index in [9.17, 15) is 5.11 Å². The van der Waals surface area contributed by atoms with Crippen molar-refractivity contribution in [2.75, 3.05) is 7.11 Å². The molecule has 0 aliphatic heterocycles. The van der Waals surface area contributed by atoms with Crippen LogP contribution in [0.1, 0.15) is 31.4 Å². The summed E-state index contributed by atoms with van der Waals surface area (Å²) in [6.45, 7) is 2.13. The minimum absolute atomic E-state index is 0.447. The number of aliphatic hydroxyl groups is 1. The van der Waals surface area contributed by atoms with Gasteiger partial charge in [0.15, 0.2) is 5.76 Å². The van der Waals surface area contributed by atoms with Crippen molar-refractivity contribution >= 4 is 11.8 Å². The first-order valence-electron chi connectivity index (χ1n) is 7.74. The third kappa shape index (κ3) is 5.33. The van der Waals surface area contributed by atoms with Crippen molar-refractivity contribution in [1.82, 2.24) is 0 Å². The van der Waals surface area contributed by atoms with Gasteiger partial charge in [0.2, 0.25) is 0 Å². The first kappa shape index (κ1) is 17.4. The molecule has 1 unspecified atom stereocenters. The average Bonchev–Trinajstić information content (AvgIpc) is 2.61. The molecule has 2 rings (SSSR count). The monoisotopic (exact) mass is 326 g/mol. The highest BCUT2D eigenvalue weighted by Gasteiger charge is 2.14. The van der Waals surface area contributed by atoms with Crippen LogP contribution in [0.15, 0.2) is 82.0 Å². The van der Waals surface area contributed by atoms with E-state index < -0.39 is 6.10 Å². The number of ether oxygens (including phenoxy) is 1. The fourth-order valence-corrected chi connectivity index (χ4v) is 3.19. The summed E-state index contributed by atoms with van der Waals surface area (Å²) in [6, 6.07) is 19.7. The maximum Gasteiger partial charge on any atom is 0.172 e. The second kappa shape index (κ2) is 9.26. The summed E-state index contributed by atoms with van der Waals surface area (Å²) in [5, 5.41) is 10.5. The largest absolute Gasteiger partial charge is 0.490 e. The molecule has 23 heavy (non-hydrogen) atoms. The van der Waals surface area contributed by atoms with Crippen LogP contribution < -0.4 is 0 Å². The molecule has 0 aliphatic carbocycles. The van der Waals surface area contributed by atoms with Gasteiger partial charge in [-0.25, -0.2) is 0 Å². The molecule has 0 radical (unpaired) electrons. The zero-order chi connectivity index (χ0) is 16.5. The molecule has 0 heterocycles. The number of methoxy groups -OCH3 is 1. The summed E-state index contributed by atoms with van der Waals surface area (Å²) < 4.78 is 5.40. The lowest BCUT2D eigenvalue weighted by molar-refractivity contribution is 0.130. The smallest absolute Gasteiger partial charge is 0.172 e. The molecule has 0 bridgehead atoms. The molecule has 1 N–H and O–H groups in total. The zero-order valence-electron chi connectivity index (χ0n) is 13.5. The molecule has 1 atom stereocenters. The number of hydrogen-bond acceptors (Lipinski definition) is 3. The lowest BCUT2D eigenvalue weighted by Crippen LogP contribution is -2.02. The molecule has 0 amide bonds. The lowest BCUT2D eigenvalue weighted by Gasteiger charge is -2.13. The van der Waals surface area contributed by atoms with Crippen molar-refractivity contribution in [3.63, 3.8) is 0 Å². The summed E-state index contributed by atoms with van der Waals surface area (Å²) in [6.07, 6.45) is 1.11. The van der Waals surface area contributed by atoms with Gasteiger partial charge in [-0.2, -0.15) is 0 Å². The number of aliphatic hydroxyl groups excluding tert-OH is 1. The minimum atomic E-state index is -0.801. The van der Waals surface area contributed by atoms with Crippen LogP contribution in [0.3, 0.4) is 0 Å². The van der Waals surface area contributed by atoms with E-state index in [4.69, 9.17) is 4.74 Å². The number of rotatable bonds is 7. The Labute approximate surface area is 142 Å². The Bertz CT molecular complexity index is 659. The van der Waals surface area contributed by atoms with Crippen LogP contribution in [0, 0.1) is 0 Å². The highest BCUT2D eigenvalue weighted by molar-refractivity contribution is 8.03. The zero-order valence-corrected chi connectivity index (χ0v) is 14.3. The molecular formula is C20H22O2S. The van der Waals surface area contributed by atoms with Gasteiger partial charge in [0, 0.05) is 9.80 Å². The van der Waals surface area contributed by atoms with Crippen LogP contribution >= 0.6 is 11.8 Å². The highest BCUT2D eigenvalue weighted by atomic mass is 32.2. The van der Waals surface area contributed by atoms with Gasteiger partial charge in [0.1, 0.15) is 6.10 Å². The number of thioether (sulfide) groups is 1. The van der Waals surface area contributed by atoms with E-state index in [2.05, 4.69) is 24.8 Å².